The Morgan fingerprint density at radius 1 is 1.16 bits per heavy atom. The Bertz CT molecular complexity index is 566. The molecule has 1 aromatic carbocycles. The Hall–Kier alpha value is -2.01. The predicted octanol–water partition coefficient (Wildman–Crippen LogP) is 2.22. The molecule has 100 valence electrons. The smallest absolute Gasteiger partial charge is 0.167 e. The second-order valence-corrected chi connectivity index (χ2v) is 4.32. The topological polar surface area (TPSA) is 56.5 Å². The summed E-state index contributed by atoms with van der Waals surface area (Å²) in [5, 5.41) is 7.24. The van der Waals surface area contributed by atoms with Crippen molar-refractivity contribution in [3.8, 4) is 22.8 Å². The molecule has 0 fully saturated rings. The molecule has 2 aromatic rings. The molecule has 1 aliphatic rings. The highest BCUT2D eigenvalue weighted by Gasteiger charge is 2.14. The molecule has 0 bridgehead atoms. The maximum Gasteiger partial charge on any atom is 0.167 e. The lowest BCUT2D eigenvalue weighted by Gasteiger charge is -2.18. The van der Waals surface area contributed by atoms with E-state index in [9.17, 15) is 0 Å². The second-order valence-electron chi connectivity index (χ2n) is 4.32. The highest BCUT2D eigenvalue weighted by molar-refractivity contribution is 5.63. The monoisotopic (exact) mass is 260 g/mol. The molecule has 1 aliphatic heterocycles. The Labute approximate surface area is 111 Å². The standard InChI is InChI=1S/C14H16N2O3/c1-2-15-9-11-8-13(19-16-11)10-3-4-12-14(7-10)18-6-5-17-12/h3-4,7-8,15H,2,5-6,9H2,1H3. The molecule has 0 aliphatic carbocycles. The van der Waals surface area contributed by atoms with Crippen LogP contribution in [-0.4, -0.2) is 24.9 Å². The van der Waals surface area contributed by atoms with E-state index in [1.54, 1.807) is 0 Å². The van der Waals surface area contributed by atoms with Crippen molar-refractivity contribution in [2.24, 2.45) is 0 Å². The van der Waals surface area contributed by atoms with Crippen molar-refractivity contribution >= 4 is 0 Å². The van der Waals surface area contributed by atoms with Gasteiger partial charge in [-0.15, -0.1) is 0 Å². The lowest BCUT2D eigenvalue weighted by Crippen LogP contribution is -2.15. The number of nitrogens with one attached hydrogen (secondary N) is 1. The predicted molar refractivity (Wildman–Crippen MR) is 70.3 cm³/mol. The van der Waals surface area contributed by atoms with Crippen LogP contribution in [0.1, 0.15) is 12.6 Å². The quantitative estimate of drug-likeness (QED) is 0.913. The number of rotatable bonds is 4. The Balaban J connectivity index is 1.83. The molecule has 0 spiro atoms. The summed E-state index contributed by atoms with van der Waals surface area (Å²) in [5.74, 6) is 2.28. The van der Waals surface area contributed by atoms with E-state index in [4.69, 9.17) is 14.0 Å². The molecule has 3 rings (SSSR count). The van der Waals surface area contributed by atoms with Crippen molar-refractivity contribution < 1.29 is 14.0 Å². The van der Waals surface area contributed by atoms with Gasteiger partial charge in [0.05, 0.1) is 5.69 Å². The molecule has 0 saturated carbocycles. The summed E-state index contributed by atoms with van der Waals surface area (Å²) in [7, 11) is 0. The van der Waals surface area contributed by atoms with E-state index in [-0.39, 0.29) is 0 Å². The van der Waals surface area contributed by atoms with Gasteiger partial charge in [0.1, 0.15) is 13.2 Å². The van der Waals surface area contributed by atoms with Gasteiger partial charge in [-0.25, -0.2) is 0 Å². The van der Waals surface area contributed by atoms with Gasteiger partial charge >= 0.3 is 0 Å². The van der Waals surface area contributed by atoms with Gasteiger partial charge in [0, 0.05) is 18.2 Å². The molecule has 0 atom stereocenters. The van der Waals surface area contributed by atoms with Crippen molar-refractivity contribution in [2.45, 2.75) is 13.5 Å². The Morgan fingerprint density at radius 2 is 2.00 bits per heavy atom. The zero-order chi connectivity index (χ0) is 13.1. The Morgan fingerprint density at radius 3 is 2.84 bits per heavy atom. The van der Waals surface area contributed by atoms with Gasteiger partial charge in [-0.1, -0.05) is 12.1 Å². The van der Waals surface area contributed by atoms with Gasteiger partial charge in [-0.3, -0.25) is 0 Å². The van der Waals surface area contributed by atoms with Crippen LogP contribution in [0, 0.1) is 0 Å². The highest BCUT2D eigenvalue weighted by atomic mass is 16.6. The van der Waals surface area contributed by atoms with Crippen LogP contribution in [0.2, 0.25) is 0 Å². The number of nitrogens with zero attached hydrogens (tertiary/aromatic N) is 1. The lowest BCUT2D eigenvalue weighted by molar-refractivity contribution is 0.171. The van der Waals surface area contributed by atoms with E-state index in [0.717, 1.165) is 35.1 Å². The molecule has 19 heavy (non-hydrogen) atoms. The van der Waals surface area contributed by atoms with Gasteiger partial charge in [-0.05, 0) is 24.7 Å². The van der Waals surface area contributed by atoms with Crippen LogP contribution < -0.4 is 14.8 Å². The highest BCUT2D eigenvalue weighted by Crippen LogP contribution is 2.34. The number of hydrogen-bond acceptors (Lipinski definition) is 5. The third-order valence-corrected chi connectivity index (χ3v) is 2.94. The van der Waals surface area contributed by atoms with Crippen molar-refractivity contribution in [3.05, 3.63) is 30.0 Å². The molecule has 0 saturated heterocycles. The van der Waals surface area contributed by atoms with Gasteiger partial charge in [-0.2, -0.15) is 0 Å². The van der Waals surface area contributed by atoms with Gasteiger partial charge in [0.2, 0.25) is 0 Å². The van der Waals surface area contributed by atoms with Crippen molar-refractivity contribution in [1.82, 2.24) is 10.5 Å². The first-order valence-corrected chi connectivity index (χ1v) is 6.43. The van der Waals surface area contributed by atoms with Crippen LogP contribution in [0.5, 0.6) is 11.5 Å². The van der Waals surface area contributed by atoms with Crippen LogP contribution in [0.15, 0.2) is 28.8 Å². The van der Waals surface area contributed by atoms with Crippen LogP contribution in [-0.2, 0) is 6.54 Å². The largest absolute Gasteiger partial charge is 0.486 e. The van der Waals surface area contributed by atoms with Crippen LogP contribution in [0.3, 0.4) is 0 Å². The average Bonchev–Trinajstić information content (AvgIpc) is 2.93. The Kier molecular flexibility index (Phi) is 3.37. The van der Waals surface area contributed by atoms with E-state index >= 15 is 0 Å². The minimum atomic E-state index is 0.582. The second kappa shape index (κ2) is 5.32. The van der Waals surface area contributed by atoms with Gasteiger partial charge in [0.15, 0.2) is 17.3 Å². The molecular formula is C14H16N2O3. The van der Waals surface area contributed by atoms with Gasteiger partial charge in [0.25, 0.3) is 0 Å². The lowest BCUT2D eigenvalue weighted by atomic mass is 10.1. The molecular weight excluding hydrogens is 244 g/mol. The summed E-state index contributed by atoms with van der Waals surface area (Å²) < 4.78 is 16.4. The molecule has 2 heterocycles. The summed E-state index contributed by atoms with van der Waals surface area (Å²) in [6.07, 6.45) is 0. The van der Waals surface area contributed by atoms with E-state index in [1.807, 2.05) is 24.3 Å². The van der Waals surface area contributed by atoms with Gasteiger partial charge < -0.3 is 19.3 Å². The summed E-state index contributed by atoms with van der Waals surface area (Å²) in [6, 6.07) is 7.71. The van der Waals surface area contributed by atoms with E-state index in [1.165, 1.54) is 0 Å². The maximum absolute atomic E-state index is 5.56. The number of fused-ring (bicyclic) bond motifs is 1. The van der Waals surface area contributed by atoms with Crippen LogP contribution in [0.25, 0.3) is 11.3 Å². The summed E-state index contributed by atoms with van der Waals surface area (Å²) in [4.78, 5) is 0. The zero-order valence-electron chi connectivity index (χ0n) is 10.8. The van der Waals surface area contributed by atoms with Crippen molar-refractivity contribution in [1.29, 1.82) is 0 Å². The van der Waals surface area contributed by atoms with Crippen LogP contribution >= 0.6 is 0 Å². The fraction of sp³-hybridized carbons (Fsp3) is 0.357. The van der Waals surface area contributed by atoms with Crippen molar-refractivity contribution in [3.63, 3.8) is 0 Å². The molecule has 0 unspecified atom stereocenters. The minimum Gasteiger partial charge on any atom is -0.486 e. The van der Waals surface area contributed by atoms with E-state index < -0.39 is 0 Å². The SMILES string of the molecule is CCNCc1cc(-c2ccc3c(c2)OCCO3)on1. The molecule has 1 aromatic heterocycles. The molecule has 1 N–H and O–H groups in total. The first-order valence-electron chi connectivity index (χ1n) is 6.43. The number of aromatic nitrogens is 1. The van der Waals surface area contributed by atoms with E-state index in [0.29, 0.717) is 19.8 Å². The zero-order valence-corrected chi connectivity index (χ0v) is 10.8. The minimum absolute atomic E-state index is 0.582. The fourth-order valence-electron chi connectivity index (χ4n) is 1.98. The third-order valence-electron chi connectivity index (χ3n) is 2.94. The molecule has 0 amide bonds. The van der Waals surface area contributed by atoms with Crippen LogP contribution in [0.4, 0.5) is 0 Å². The normalized spacial score (nSPS) is 13.5. The third kappa shape index (κ3) is 2.56. The molecule has 5 heteroatoms. The molecule has 0 radical (unpaired) electrons. The number of benzene rings is 1. The number of ether oxygens (including phenoxy) is 2. The summed E-state index contributed by atoms with van der Waals surface area (Å²) >= 11 is 0. The van der Waals surface area contributed by atoms with E-state index in [2.05, 4.69) is 17.4 Å². The maximum atomic E-state index is 5.56. The van der Waals surface area contributed by atoms with Crippen molar-refractivity contribution in [2.75, 3.05) is 19.8 Å². The summed E-state index contributed by atoms with van der Waals surface area (Å²) in [5.41, 5.74) is 1.84. The fourth-order valence-corrected chi connectivity index (χ4v) is 1.98. The number of hydrogen-bond donors (Lipinski definition) is 1. The first-order chi connectivity index (χ1) is 9.36. The first kappa shape index (κ1) is 12.0. The molecule has 5 nitrogen and oxygen atoms in total. The average molecular weight is 260 g/mol. The summed E-state index contributed by atoms with van der Waals surface area (Å²) in [6.45, 7) is 4.86.